The van der Waals surface area contributed by atoms with Gasteiger partial charge >= 0.3 is 5.97 Å². The quantitative estimate of drug-likeness (QED) is 0.408. The van der Waals surface area contributed by atoms with Crippen molar-refractivity contribution in [1.29, 1.82) is 5.26 Å². The molecule has 2 heterocycles. The molecule has 34 heavy (non-hydrogen) atoms. The highest BCUT2D eigenvalue weighted by Crippen LogP contribution is 2.32. The number of hydrogen-bond acceptors (Lipinski definition) is 6. The van der Waals surface area contributed by atoms with Crippen molar-refractivity contribution in [3.63, 3.8) is 0 Å². The molecule has 170 valence electrons. The topological polar surface area (TPSA) is 116 Å². The van der Waals surface area contributed by atoms with Crippen LogP contribution in [0.25, 0.3) is 22.3 Å². The van der Waals surface area contributed by atoms with Crippen LogP contribution in [0.4, 0.5) is 5.69 Å². The number of fused-ring (bicyclic) bond motifs is 1. The van der Waals surface area contributed by atoms with Gasteiger partial charge in [0.15, 0.2) is 11.1 Å². The molecule has 0 saturated heterocycles. The fourth-order valence-electron chi connectivity index (χ4n) is 4.04. The number of pyridine rings is 1. The molecule has 2 aromatic carbocycles. The summed E-state index contributed by atoms with van der Waals surface area (Å²) in [5, 5.41) is 22.5. The van der Waals surface area contributed by atoms with Gasteiger partial charge in [-0.15, -0.1) is 0 Å². The highest BCUT2D eigenvalue weighted by molar-refractivity contribution is 5.92. The Kier molecular flexibility index (Phi) is 5.91. The summed E-state index contributed by atoms with van der Waals surface area (Å²) in [5.74, 6) is -0.732. The highest BCUT2D eigenvalue weighted by atomic mass is 16.4. The van der Waals surface area contributed by atoms with E-state index in [1.807, 2.05) is 19.9 Å². The van der Waals surface area contributed by atoms with E-state index >= 15 is 0 Å². The van der Waals surface area contributed by atoms with E-state index in [2.05, 4.69) is 16.4 Å². The number of anilines is 1. The van der Waals surface area contributed by atoms with Crippen LogP contribution in [0.15, 0.2) is 57.7 Å². The monoisotopic (exact) mass is 453 g/mol. The normalized spacial score (nSPS) is 11.7. The number of hydrogen-bond donors (Lipinski definition) is 2. The SMILES string of the molecule is Cc1cc([C@@H](C)Nc2ccc(C)nc2C(=O)O)c2oc(-c3cccc(C#N)c3)c(C)c(=O)c2c1. The minimum absolute atomic E-state index is 0.0740. The van der Waals surface area contributed by atoms with E-state index in [0.717, 1.165) is 5.56 Å². The summed E-state index contributed by atoms with van der Waals surface area (Å²) >= 11 is 0. The van der Waals surface area contributed by atoms with E-state index < -0.39 is 12.0 Å². The molecule has 0 spiro atoms. The van der Waals surface area contributed by atoms with Crippen molar-refractivity contribution in [2.24, 2.45) is 0 Å². The lowest BCUT2D eigenvalue weighted by Crippen LogP contribution is -2.15. The predicted octanol–water partition coefficient (Wildman–Crippen LogP) is 5.52. The number of carbonyl (C=O) groups is 1. The zero-order chi connectivity index (χ0) is 24.6. The predicted molar refractivity (Wildman–Crippen MR) is 130 cm³/mol. The minimum Gasteiger partial charge on any atom is -0.476 e. The molecule has 0 bridgehead atoms. The van der Waals surface area contributed by atoms with Crippen molar-refractivity contribution in [3.05, 3.63) is 92.4 Å². The van der Waals surface area contributed by atoms with Crippen molar-refractivity contribution in [3.8, 4) is 17.4 Å². The molecule has 7 heteroatoms. The van der Waals surface area contributed by atoms with Crippen LogP contribution in [-0.4, -0.2) is 16.1 Å². The largest absolute Gasteiger partial charge is 0.476 e. The van der Waals surface area contributed by atoms with E-state index in [1.54, 1.807) is 56.3 Å². The lowest BCUT2D eigenvalue weighted by atomic mass is 9.98. The number of benzene rings is 2. The van der Waals surface area contributed by atoms with Gasteiger partial charge in [0.25, 0.3) is 0 Å². The molecule has 2 N–H and O–H groups in total. The van der Waals surface area contributed by atoms with Crippen molar-refractivity contribution in [2.75, 3.05) is 5.32 Å². The van der Waals surface area contributed by atoms with Crippen LogP contribution in [0.1, 0.15) is 51.4 Å². The summed E-state index contributed by atoms with van der Waals surface area (Å²) in [6.07, 6.45) is 0. The lowest BCUT2D eigenvalue weighted by molar-refractivity contribution is 0.0691. The third-order valence-corrected chi connectivity index (χ3v) is 5.72. The van der Waals surface area contributed by atoms with Crippen LogP contribution in [0, 0.1) is 32.1 Å². The molecule has 0 radical (unpaired) electrons. The van der Waals surface area contributed by atoms with Crippen molar-refractivity contribution < 1.29 is 14.3 Å². The number of nitrogens with one attached hydrogen (secondary N) is 1. The Bertz CT molecular complexity index is 1550. The number of nitriles is 1. The van der Waals surface area contributed by atoms with Gasteiger partial charge in [-0.25, -0.2) is 9.78 Å². The van der Waals surface area contributed by atoms with Crippen LogP contribution in [0.3, 0.4) is 0 Å². The van der Waals surface area contributed by atoms with E-state index in [9.17, 15) is 20.0 Å². The Balaban J connectivity index is 1.90. The second-order valence-corrected chi connectivity index (χ2v) is 8.33. The summed E-state index contributed by atoms with van der Waals surface area (Å²) in [7, 11) is 0. The highest BCUT2D eigenvalue weighted by Gasteiger charge is 2.21. The second kappa shape index (κ2) is 8.83. The van der Waals surface area contributed by atoms with Gasteiger partial charge in [0.1, 0.15) is 11.3 Å². The minimum atomic E-state index is -1.13. The zero-order valence-electron chi connectivity index (χ0n) is 19.3. The Morgan fingerprint density at radius 3 is 2.62 bits per heavy atom. The Morgan fingerprint density at radius 1 is 1.15 bits per heavy atom. The molecule has 0 aliphatic carbocycles. The molecule has 2 aromatic heterocycles. The van der Waals surface area contributed by atoms with Gasteiger partial charge in [0.2, 0.25) is 0 Å². The van der Waals surface area contributed by atoms with Gasteiger partial charge in [0, 0.05) is 22.4 Å². The Morgan fingerprint density at radius 2 is 1.91 bits per heavy atom. The fraction of sp³-hybridized carbons (Fsp3) is 0.185. The first kappa shape index (κ1) is 22.7. The first-order valence-corrected chi connectivity index (χ1v) is 10.8. The average Bonchev–Trinajstić information content (AvgIpc) is 2.82. The van der Waals surface area contributed by atoms with E-state index in [4.69, 9.17) is 4.42 Å². The number of aromatic nitrogens is 1. The molecule has 0 aliphatic rings. The number of nitrogens with zero attached hydrogens (tertiary/aromatic N) is 2. The maximum absolute atomic E-state index is 13.3. The number of aromatic carboxylic acids is 1. The number of carboxylic acid groups (broad SMARTS) is 1. The van der Waals surface area contributed by atoms with Gasteiger partial charge in [0.05, 0.1) is 28.7 Å². The summed E-state index contributed by atoms with van der Waals surface area (Å²) in [4.78, 5) is 29.2. The summed E-state index contributed by atoms with van der Waals surface area (Å²) in [6, 6.07) is 15.7. The van der Waals surface area contributed by atoms with Gasteiger partial charge in [-0.2, -0.15) is 5.26 Å². The van der Waals surface area contributed by atoms with Crippen LogP contribution >= 0.6 is 0 Å². The van der Waals surface area contributed by atoms with Crippen molar-refractivity contribution >= 4 is 22.6 Å². The Labute approximate surface area is 196 Å². The van der Waals surface area contributed by atoms with Gasteiger partial charge in [-0.3, -0.25) is 4.79 Å². The number of aryl methyl sites for hydroxylation is 2. The average molecular weight is 453 g/mol. The maximum atomic E-state index is 13.3. The zero-order valence-corrected chi connectivity index (χ0v) is 19.3. The molecule has 0 aliphatic heterocycles. The summed E-state index contributed by atoms with van der Waals surface area (Å²) in [6.45, 7) is 7.20. The number of carboxylic acids is 1. The summed E-state index contributed by atoms with van der Waals surface area (Å²) < 4.78 is 6.32. The first-order valence-electron chi connectivity index (χ1n) is 10.8. The lowest BCUT2D eigenvalue weighted by Gasteiger charge is -2.20. The van der Waals surface area contributed by atoms with Gasteiger partial charge < -0.3 is 14.8 Å². The molecular weight excluding hydrogens is 430 g/mol. The maximum Gasteiger partial charge on any atom is 0.356 e. The van der Waals surface area contributed by atoms with Gasteiger partial charge in [-0.1, -0.05) is 18.2 Å². The van der Waals surface area contributed by atoms with Crippen LogP contribution < -0.4 is 10.7 Å². The Hall–Kier alpha value is -4.44. The first-order chi connectivity index (χ1) is 16.2. The molecule has 0 saturated carbocycles. The molecule has 0 fully saturated rings. The molecule has 0 unspecified atom stereocenters. The van der Waals surface area contributed by atoms with Crippen molar-refractivity contribution in [2.45, 2.75) is 33.7 Å². The van der Waals surface area contributed by atoms with Crippen LogP contribution in [0.5, 0.6) is 0 Å². The molecular formula is C27H23N3O4. The summed E-state index contributed by atoms with van der Waals surface area (Å²) in [5.41, 5.74) is 4.30. The van der Waals surface area contributed by atoms with Crippen molar-refractivity contribution in [1.82, 2.24) is 4.98 Å². The molecule has 0 amide bonds. The third-order valence-electron chi connectivity index (χ3n) is 5.72. The van der Waals surface area contributed by atoms with Crippen LogP contribution in [0.2, 0.25) is 0 Å². The standard InChI is InChI=1S/C27H23N3O4/c1-14-10-20(17(4)30-22-9-8-15(2)29-23(22)27(32)33)26-21(11-14)24(31)16(3)25(34-26)19-7-5-6-18(12-19)13-28/h5-12,17,30H,1-4H3,(H,32,33)/t17-/m1/s1. The van der Waals surface area contributed by atoms with Gasteiger partial charge in [-0.05, 0) is 63.6 Å². The van der Waals surface area contributed by atoms with E-state index in [1.165, 1.54) is 0 Å². The van der Waals surface area contributed by atoms with E-state index in [-0.39, 0.29) is 11.1 Å². The van der Waals surface area contributed by atoms with E-state index in [0.29, 0.717) is 50.4 Å². The molecule has 4 rings (SSSR count). The molecule has 7 nitrogen and oxygen atoms in total. The van der Waals surface area contributed by atoms with Crippen LogP contribution in [-0.2, 0) is 0 Å². The number of rotatable bonds is 5. The fourth-order valence-corrected chi connectivity index (χ4v) is 4.04. The second-order valence-electron chi connectivity index (χ2n) is 8.33. The smallest absolute Gasteiger partial charge is 0.356 e. The molecule has 4 aromatic rings. The molecule has 1 atom stereocenters. The third kappa shape index (κ3) is 4.14.